The molecule has 0 aliphatic carbocycles. The maximum atomic E-state index is 13.2. The average Bonchev–Trinajstić information content (AvgIpc) is 3.30. The highest BCUT2D eigenvalue weighted by Crippen LogP contribution is 2.21. The van der Waals surface area contributed by atoms with Crippen LogP contribution in [0.2, 0.25) is 0 Å². The second-order valence-electron chi connectivity index (χ2n) is 8.97. The third-order valence-electron chi connectivity index (χ3n) is 5.45. The number of amides is 2. The molecule has 8 nitrogen and oxygen atoms in total. The van der Waals surface area contributed by atoms with Gasteiger partial charge in [0.25, 0.3) is 5.91 Å². The molecule has 8 heteroatoms. The lowest BCUT2D eigenvalue weighted by atomic mass is 10.0. The third kappa shape index (κ3) is 5.38. The third-order valence-corrected chi connectivity index (χ3v) is 5.45. The minimum absolute atomic E-state index is 0.117. The normalized spacial score (nSPS) is 12.4. The molecule has 0 fully saturated rings. The summed E-state index contributed by atoms with van der Waals surface area (Å²) in [5.74, 6) is -0.269. The minimum Gasteiger partial charge on any atom is -0.530 e. The summed E-state index contributed by atoms with van der Waals surface area (Å²) in [5.41, 5.74) is 2.61. The zero-order chi connectivity index (χ0) is 23.5. The van der Waals surface area contributed by atoms with E-state index in [4.69, 9.17) is 0 Å². The van der Waals surface area contributed by atoms with E-state index in [2.05, 4.69) is 10.4 Å². The first-order valence-electron chi connectivity index (χ1n) is 10.5. The van der Waals surface area contributed by atoms with Crippen LogP contribution in [0.1, 0.15) is 36.8 Å². The molecule has 1 atom stereocenters. The van der Waals surface area contributed by atoms with E-state index in [1.807, 2.05) is 83.5 Å². The predicted octanol–water partition coefficient (Wildman–Crippen LogP) is 2.21. The van der Waals surface area contributed by atoms with Crippen molar-refractivity contribution in [1.29, 1.82) is 0 Å². The lowest BCUT2D eigenvalue weighted by Gasteiger charge is -2.40. The Kier molecular flexibility index (Phi) is 6.72. The van der Waals surface area contributed by atoms with Crippen molar-refractivity contribution in [3.8, 4) is 11.3 Å². The van der Waals surface area contributed by atoms with E-state index < -0.39 is 17.7 Å². The van der Waals surface area contributed by atoms with Gasteiger partial charge in [0.1, 0.15) is 11.8 Å². The van der Waals surface area contributed by atoms with Crippen LogP contribution < -0.4 is 10.4 Å². The van der Waals surface area contributed by atoms with Crippen molar-refractivity contribution in [1.82, 2.24) is 24.6 Å². The summed E-state index contributed by atoms with van der Waals surface area (Å²) in [7, 11) is 3.66. The number of nitrogens with one attached hydrogen (secondary N) is 1. The van der Waals surface area contributed by atoms with Crippen LogP contribution in [0, 0.1) is 0 Å². The summed E-state index contributed by atoms with van der Waals surface area (Å²) in [6.07, 6.45) is 2.81. The molecule has 0 saturated heterocycles. The van der Waals surface area contributed by atoms with Crippen LogP contribution in [0.15, 0.2) is 54.9 Å². The average molecular weight is 437 g/mol. The van der Waals surface area contributed by atoms with E-state index >= 15 is 0 Å². The van der Waals surface area contributed by atoms with E-state index in [0.717, 1.165) is 16.8 Å². The number of benzene rings is 1. The summed E-state index contributed by atoms with van der Waals surface area (Å²) in [5, 5.41) is 19.0. The van der Waals surface area contributed by atoms with Gasteiger partial charge in [-0.15, -0.1) is 0 Å². The largest absolute Gasteiger partial charge is 0.530 e. The van der Waals surface area contributed by atoms with Gasteiger partial charge < -0.3 is 24.7 Å². The van der Waals surface area contributed by atoms with Crippen LogP contribution in [0.3, 0.4) is 0 Å². The van der Waals surface area contributed by atoms with Gasteiger partial charge in [-0.2, -0.15) is 5.10 Å². The van der Waals surface area contributed by atoms with Gasteiger partial charge in [-0.1, -0.05) is 30.3 Å². The molecule has 3 aromatic rings. The van der Waals surface area contributed by atoms with Gasteiger partial charge in [-0.25, -0.2) is 0 Å². The van der Waals surface area contributed by atoms with Crippen LogP contribution >= 0.6 is 0 Å². The molecule has 0 bridgehead atoms. The van der Waals surface area contributed by atoms with Gasteiger partial charge in [-0.05, 0) is 44.9 Å². The number of aromatic nitrogens is 3. The zero-order valence-corrected chi connectivity index (χ0v) is 19.2. The van der Waals surface area contributed by atoms with Crippen LogP contribution in [0.5, 0.6) is 0 Å². The number of carboxylic acid groups (broad SMARTS) is 1. The molecule has 32 heavy (non-hydrogen) atoms. The van der Waals surface area contributed by atoms with E-state index in [0.29, 0.717) is 12.1 Å². The van der Waals surface area contributed by atoms with Crippen molar-refractivity contribution in [2.75, 3.05) is 6.54 Å². The fourth-order valence-electron chi connectivity index (χ4n) is 3.75. The van der Waals surface area contributed by atoms with Crippen molar-refractivity contribution in [2.24, 2.45) is 14.1 Å². The minimum atomic E-state index is -1.26. The molecule has 170 valence electrons. The van der Waals surface area contributed by atoms with Gasteiger partial charge in [0.2, 0.25) is 0 Å². The fourth-order valence-corrected chi connectivity index (χ4v) is 3.75. The first-order valence-corrected chi connectivity index (χ1v) is 10.5. The van der Waals surface area contributed by atoms with Gasteiger partial charge in [0, 0.05) is 44.1 Å². The van der Waals surface area contributed by atoms with E-state index in [1.165, 1.54) is 4.90 Å². The summed E-state index contributed by atoms with van der Waals surface area (Å²) in [6.45, 7) is 5.54. The molecular formula is C24H30N5O3-. The lowest BCUT2D eigenvalue weighted by Crippen LogP contribution is -2.57. The Bertz CT molecular complexity index is 1080. The Balaban J connectivity index is 1.85. The first kappa shape index (κ1) is 23.1. The highest BCUT2D eigenvalue weighted by molar-refractivity contribution is 5.94. The second-order valence-corrected chi connectivity index (χ2v) is 8.97. The number of carbonyl (C=O) groups excluding carboxylic acids is 2. The Hall–Kier alpha value is -3.55. The number of hydrogen-bond acceptors (Lipinski definition) is 4. The topological polar surface area (TPSA) is 95.2 Å². The summed E-state index contributed by atoms with van der Waals surface area (Å²) < 4.78 is 3.51. The van der Waals surface area contributed by atoms with Gasteiger partial charge in [0.05, 0.1) is 11.7 Å². The van der Waals surface area contributed by atoms with Crippen molar-refractivity contribution >= 4 is 12.0 Å². The highest BCUT2D eigenvalue weighted by atomic mass is 16.4. The summed E-state index contributed by atoms with van der Waals surface area (Å²) in [4.78, 5) is 26.3. The molecule has 2 amide bonds. The molecule has 0 spiro atoms. The van der Waals surface area contributed by atoms with Gasteiger partial charge in [-0.3, -0.25) is 9.48 Å². The molecule has 2 heterocycles. The van der Waals surface area contributed by atoms with E-state index in [9.17, 15) is 14.7 Å². The zero-order valence-electron chi connectivity index (χ0n) is 19.2. The Morgan fingerprint density at radius 1 is 1.16 bits per heavy atom. The molecule has 1 unspecified atom stereocenters. The smallest absolute Gasteiger partial charge is 0.268 e. The van der Waals surface area contributed by atoms with Crippen molar-refractivity contribution < 1.29 is 14.7 Å². The van der Waals surface area contributed by atoms with Crippen LogP contribution in [-0.2, 0) is 20.5 Å². The molecule has 1 N–H and O–H groups in total. The molecule has 0 saturated carbocycles. The fraction of sp³-hybridized carbons (Fsp3) is 0.375. The number of hydrogen-bond donors (Lipinski definition) is 1. The molecule has 0 aliphatic heterocycles. The number of nitrogens with zero attached hydrogens (tertiary/aromatic N) is 4. The Morgan fingerprint density at radius 2 is 1.84 bits per heavy atom. The van der Waals surface area contributed by atoms with Crippen LogP contribution in [0.25, 0.3) is 11.3 Å². The first-order chi connectivity index (χ1) is 15.1. The van der Waals surface area contributed by atoms with E-state index in [-0.39, 0.29) is 12.5 Å². The maximum absolute atomic E-state index is 13.2. The molecule has 0 radical (unpaired) electrons. The predicted molar refractivity (Wildman–Crippen MR) is 121 cm³/mol. The lowest BCUT2D eigenvalue weighted by molar-refractivity contribution is -0.270. The van der Waals surface area contributed by atoms with Crippen LogP contribution in [-0.4, -0.2) is 49.4 Å². The standard InChI is InChI=1S/C24H31N5O3/c1-24(2,3)29(23(31)32)16-19(13-17-9-7-6-8-10-17)26-22(30)21-14-18(15-27(21)4)20-11-12-25-28(20)5/h6-12,14-15,19H,13,16H2,1-5H3,(H,26,30)(H,31,32)/p-1. The summed E-state index contributed by atoms with van der Waals surface area (Å²) in [6, 6.07) is 13.0. The molecular weight excluding hydrogens is 406 g/mol. The van der Waals surface area contributed by atoms with Crippen LogP contribution in [0.4, 0.5) is 4.79 Å². The Morgan fingerprint density at radius 3 is 2.41 bits per heavy atom. The van der Waals surface area contributed by atoms with Gasteiger partial charge >= 0.3 is 0 Å². The number of carbonyl (C=O) groups is 2. The molecule has 3 rings (SSSR count). The highest BCUT2D eigenvalue weighted by Gasteiger charge is 2.26. The molecule has 2 aromatic heterocycles. The Labute approximate surface area is 188 Å². The monoisotopic (exact) mass is 436 g/mol. The van der Waals surface area contributed by atoms with Gasteiger partial charge in [0.15, 0.2) is 0 Å². The van der Waals surface area contributed by atoms with Crippen molar-refractivity contribution in [2.45, 2.75) is 38.8 Å². The number of rotatable bonds is 7. The second kappa shape index (κ2) is 9.30. The summed E-state index contributed by atoms with van der Waals surface area (Å²) >= 11 is 0. The SMILES string of the molecule is Cn1cc(-c2ccnn2C)cc1C(=O)NC(Cc1ccccc1)CN(C(=O)[O-])C(C)(C)C. The van der Waals surface area contributed by atoms with Crippen molar-refractivity contribution in [3.63, 3.8) is 0 Å². The van der Waals surface area contributed by atoms with Crippen molar-refractivity contribution in [3.05, 3.63) is 66.1 Å². The van der Waals surface area contributed by atoms with E-state index in [1.54, 1.807) is 15.4 Å². The number of aryl methyl sites for hydroxylation is 2. The molecule has 0 aliphatic rings. The maximum Gasteiger partial charge on any atom is 0.268 e. The quantitative estimate of drug-likeness (QED) is 0.614. The molecule has 1 aromatic carbocycles.